The number of nitrogens with zero attached hydrogens (tertiary/aromatic N) is 3. The summed E-state index contributed by atoms with van der Waals surface area (Å²) >= 11 is 0. The summed E-state index contributed by atoms with van der Waals surface area (Å²) in [5.41, 5.74) is 4.89. The maximum absolute atomic E-state index is 12.6. The minimum Gasteiger partial charge on any atom is -0.373 e. The van der Waals surface area contributed by atoms with Crippen LogP contribution in [-0.4, -0.2) is 53.0 Å². The highest BCUT2D eigenvalue weighted by Gasteiger charge is 2.15. The predicted octanol–water partition coefficient (Wildman–Crippen LogP) is 4.61. The molecule has 1 saturated heterocycles. The number of hydrogen-bond donors (Lipinski definition) is 2. The van der Waals surface area contributed by atoms with Crippen molar-refractivity contribution in [2.45, 2.75) is 26.1 Å². The van der Waals surface area contributed by atoms with Crippen LogP contribution in [0.5, 0.6) is 0 Å². The zero-order valence-corrected chi connectivity index (χ0v) is 21.6. The smallest absolute Gasteiger partial charge is 0.248 e. The minimum atomic E-state index is -0.387. The molecule has 200 valence electrons. The van der Waals surface area contributed by atoms with Crippen LogP contribution in [-0.2, 0) is 32.3 Å². The molecule has 0 atom stereocenters. The Morgan fingerprint density at radius 3 is 2.54 bits per heavy atom. The Morgan fingerprint density at radius 1 is 0.923 bits per heavy atom. The molecule has 0 aliphatic carbocycles. The number of nitrogens with one attached hydrogen (secondary N) is 2. The first-order valence-corrected chi connectivity index (χ1v) is 13.0. The second-order valence-electron chi connectivity index (χ2n) is 9.37. The SMILES string of the molecule is O=C(/C=C/C(=O)N1CCCC1)Nc1cc2cc(c1)Nc1nccc(n1)-c1cccc(c1)COC/C=C/COC2. The molecule has 0 spiro atoms. The average Bonchev–Trinajstić information content (AvgIpc) is 3.48. The Kier molecular flexibility index (Phi) is 8.72. The molecule has 2 N–H and O–H groups in total. The maximum Gasteiger partial charge on any atom is 0.248 e. The standard InChI is InChI=1S/C30H31N5O4/c36-28(8-9-29(37)35-12-1-2-13-35)32-25-17-23-18-26(19-25)33-30-31-11-10-27(34-30)24-7-5-6-22(16-24)20-38-14-3-4-15-39-21-23/h3-11,16-19H,1-2,12-15,20-21H2,(H,32,36)(H,31,33,34)/b4-3+,9-8+. The lowest BCUT2D eigenvalue weighted by Gasteiger charge is -2.13. The van der Waals surface area contributed by atoms with E-state index in [-0.39, 0.29) is 11.8 Å². The first kappa shape index (κ1) is 26.3. The summed E-state index contributed by atoms with van der Waals surface area (Å²) < 4.78 is 11.6. The molecular weight excluding hydrogens is 494 g/mol. The van der Waals surface area contributed by atoms with E-state index in [2.05, 4.69) is 21.7 Å². The lowest BCUT2D eigenvalue weighted by atomic mass is 10.1. The summed E-state index contributed by atoms with van der Waals surface area (Å²) in [6, 6.07) is 15.5. The van der Waals surface area contributed by atoms with Gasteiger partial charge in [-0.2, -0.15) is 0 Å². The number of anilines is 3. The Morgan fingerprint density at radius 2 is 1.72 bits per heavy atom. The molecule has 6 bridgehead atoms. The Labute approximate surface area is 227 Å². The number of likely N-dealkylation sites (tertiary alicyclic amines) is 1. The van der Waals surface area contributed by atoms with Crippen LogP contribution in [0.15, 0.2) is 79.0 Å². The van der Waals surface area contributed by atoms with Gasteiger partial charge in [-0.25, -0.2) is 9.97 Å². The maximum atomic E-state index is 12.6. The van der Waals surface area contributed by atoms with Gasteiger partial charge >= 0.3 is 0 Å². The molecule has 0 unspecified atom stereocenters. The number of hydrogen-bond acceptors (Lipinski definition) is 7. The van der Waals surface area contributed by atoms with Crippen LogP contribution in [0.25, 0.3) is 11.3 Å². The topological polar surface area (TPSA) is 106 Å². The fraction of sp³-hybridized carbons (Fsp3) is 0.267. The molecule has 9 heteroatoms. The van der Waals surface area contributed by atoms with Crippen molar-refractivity contribution >= 4 is 29.1 Å². The van der Waals surface area contributed by atoms with E-state index in [4.69, 9.17) is 14.5 Å². The fourth-order valence-corrected chi connectivity index (χ4v) is 4.45. The van der Waals surface area contributed by atoms with Crippen molar-refractivity contribution in [3.05, 3.63) is 90.2 Å². The molecule has 2 aromatic carbocycles. The van der Waals surface area contributed by atoms with Gasteiger partial charge in [-0.05, 0) is 54.3 Å². The van der Waals surface area contributed by atoms with E-state index < -0.39 is 0 Å². The van der Waals surface area contributed by atoms with E-state index in [1.165, 1.54) is 12.2 Å². The Hall–Kier alpha value is -4.34. The number of amides is 2. The van der Waals surface area contributed by atoms with E-state index in [0.29, 0.717) is 43.8 Å². The summed E-state index contributed by atoms with van der Waals surface area (Å²) in [6.07, 6.45) is 10.2. The molecule has 39 heavy (non-hydrogen) atoms. The second-order valence-corrected chi connectivity index (χ2v) is 9.37. The predicted molar refractivity (Wildman–Crippen MR) is 149 cm³/mol. The number of aromatic nitrogens is 2. The Bertz CT molecular complexity index is 1380. The molecule has 3 heterocycles. The van der Waals surface area contributed by atoms with Crippen molar-refractivity contribution < 1.29 is 19.1 Å². The lowest BCUT2D eigenvalue weighted by molar-refractivity contribution is -0.125. The van der Waals surface area contributed by atoms with Gasteiger partial charge in [0.25, 0.3) is 0 Å². The van der Waals surface area contributed by atoms with Gasteiger partial charge in [0.1, 0.15) is 0 Å². The van der Waals surface area contributed by atoms with Crippen molar-refractivity contribution in [3.63, 3.8) is 0 Å². The third-order valence-corrected chi connectivity index (χ3v) is 6.32. The molecule has 2 aliphatic rings. The zero-order valence-electron chi connectivity index (χ0n) is 21.6. The summed E-state index contributed by atoms with van der Waals surface area (Å²) in [5.74, 6) is -0.112. The number of benzene rings is 2. The molecular formula is C30H31N5O4. The lowest BCUT2D eigenvalue weighted by Crippen LogP contribution is -2.26. The summed E-state index contributed by atoms with van der Waals surface area (Å²) in [6.45, 7) is 3.20. The normalized spacial score (nSPS) is 16.7. The molecule has 0 saturated carbocycles. The van der Waals surface area contributed by atoms with Crippen LogP contribution in [0.1, 0.15) is 24.0 Å². The van der Waals surface area contributed by atoms with Crippen LogP contribution < -0.4 is 10.6 Å². The third kappa shape index (κ3) is 7.59. The van der Waals surface area contributed by atoms with Crippen molar-refractivity contribution in [1.29, 1.82) is 0 Å². The number of carbonyl (C=O) groups excluding carboxylic acids is 2. The summed E-state index contributed by atoms with van der Waals surface area (Å²) in [7, 11) is 0. The van der Waals surface area contributed by atoms with E-state index in [9.17, 15) is 9.59 Å². The van der Waals surface area contributed by atoms with Crippen molar-refractivity contribution in [2.75, 3.05) is 36.9 Å². The molecule has 1 fully saturated rings. The van der Waals surface area contributed by atoms with Crippen LogP contribution >= 0.6 is 0 Å². The van der Waals surface area contributed by atoms with Crippen molar-refractivity contribution in [2.24, 2.45) is 0 Å². The van der Waals surface area contributed by atoms with Gasteiger partial charge in [0, 0.05) is 48.4 Å². The molecule has 5 rings (SSSR count). The van der Waals surface area contributed by atoms with Crippen LogP contribution in [0.3, 0.4) is 0 Å². The second kappa shape index (κ2) is 12.9. The third-order valence-electron chi connectivity index (χ3n) is 6.32. The van der Waals surface area contributed by atoms with E-state index >= 15 is 0 Å². The summed E-state index contributed by atoms with van der Waals surface area (Å²) in [4.78, 5) is 35.7. The number of carbonyl (C=O) groups is 2. The zero-order chi connectivity index (χ0) is 26.9. The van der Waals surface area contributed by atoms with E-state index in [0.717, 1.165) is 48.3 Å². The van der Waals surface area contributed by atoms with Crippen LogP contribution in [0.2, 0.25) is 0 Å². The molecule has 3 aromatic rings. The minimum absolute atomic E-state index is 0.146. The van der Waals surface area contributed by atoms with E-state index in [1.807, 2.05) is 48.6 Å². The molecule has 1 aromatic heterocycles. The molecule has 0 radical (unpaired) electrons. The van der Waals surface area contributed by atoms with Gasteiger partial charge in [0.2, 0.25) is 17.8 Å². The fourth-order valence-electron chi connectivity index (χ4n) is 4.45. The monoisotopic (exact) mass is 525 g/mol. The highest BCUT2D eigenvalue weighted by Crippen LogP contribution is 2.24. The van der Waals surface area contributed by atoms with Crippen LogP contribution in [0, 0.1) is 0 Å². The average molecular weight is 526 g/mol. The van der Waals surface area contributed by atoms with Crippen molar-refractivity contribution in [3.8, 4) is 11.3 Å². The largest absolute Gasteiger partial charge is 0.373 e. The summed E-state index contributed by atoms with van der Waals surface area (Å²) in [5, 5.41) is 6.10. The molecule has 9 nitrogen and oxygen atoms in total. The molecule has 2 aliphatic heterocycles. The van der Waals surface area contributed by atoms with Gasteiger partial charge in [0.05, 0.1) is 32.1 Å². The highest BCUT2D eigenvalue weighted by atomic mass is 16.5. The van der Waals surface area contributed by atoms with Gasteiger partial charge in [-0.3, -0.25) is 9.59 Å². The Balaban J connectivity index is 1.38. The van der Waals surface area contributed by atoms with Crippen LogP contribution in [0.4, 0.5) is 17.3 Å². The quantitative estimate of drug-likeness (QED) is 0.380. The number of rotatable bonds is 3. The molecule has 2 amide bonds. The van der Waals surface area contributed by atoms with Gasteiger partial charge in [-0.1, -0.05) is 30.4 Å². The first-order valence-electron chi connectivity index (χ1n) is 13.0. The first-order chi connectivity index (χ1) is 19.1. The van der Waals surface area contributed by atoms with Gasteiger partial charge in [-0.15, -0.1) is 0 Å². The van der Waals surface area contributed by atoms with Gasteiger partial charge in [0.15, 0.2) is 0 Å². The van der Waals surface area contributed by atoms with Crippen molar-refractivity contribution in [1.82, 2.24) is 14.9 Å². The highest BCUT2D eigenvalue weighted by molar-refractivity contribution is 6.03. The van der Waals surface area contributed by atoms with E-state index in [1.54, 1.807) is 17.2 Å². The number of ether oxygens (including phenoxy) is 2. The van der Waals surface area contributed by atoms with Gasteiger partial charge < -0.3 is 25.0 Å². The number of fused-ring (bicyclic) bond motifs is 7.